The van der Waals surface area contributed by atoms with Gasteiger partial charge in [-0.2, -0.15) is 0 Å². The molecular formula is C11H16O4S. The van der Waals surface area contributed by atoms with Gasteiger partial charge < -0.3 is 9.84 Å². The standard InChI is InChI=1S/C11H16O4S/c1-7-5-8(2)11(6-10(7)15-4)16(13,14)9(3)12/h5-6,9,12H,1-4H3. The molecule has 1 atom stereocenters. The van der Waals surface area contributed by atoms with Crippen LogP contribution in [0.15, 0.2) is 17.0 Å². The van der Waals surface area contributed by atoms with Crippen LogP contribution in [-0.2, 0) is 9.84 Å². The van der Waals surface area contributed by atoms with Gasteiger partial charge in [0.25, 0.3) is 0 Å². The van der Waals surface area contributed by atoms with Crippen LogP contribution in [0.1, 0.15) is 18.1 Å². The third-order valence-electron chi connectivity index (χ3n) is 2.45. The third-order valence-corrected chi connectivity index (χ3v) is 4.40. The van der Waals surface area contributed by atoms with Crippen LogP contribution in [0.5, 0.6) is 5.75 Å². The summed E-state index contributed by atoms with van der Waals surface area (Å²) in [6.45, 7) is 4.77. The molecule has 4 nitrogen and oxygen atoms in total. The number of sulfone groups is 1. The van der Waals surface area contributed by atoms with Gasteiger partial charge in [0.05, 0.1) is 12.0 Å². The van der Waals surface area contributed by atoms with E-state index in [1.165, 1.54) is 20.1 Å². The van der Waals surface area contributed by atoms with Gasteiger partial charge in [0.1, 0.15) is 5.75 Å². The molecule has 5 heteroatoms. The van der Waals surface area contributed by atoms with Crippen LogP contribution < -0.4 is 4.74 Å². The minimum atomic E-state index is -3.68. The fourth-order valence-corrected chi connectivity index (χ4v) is 2.67. The fraction of sp³-hybridized carbons (Fsp3) is 0.455. The zero-order valence-electron chi connectivity index (χ0n) is 9.81. The van der Waals surface area contributed by atoms with Crippen molar-refractivity contribution in [3.05, 3.63) is 23.3 Å². The zero-order valence-corrected chi connectivity index (χ0v) is 10.6. The van der Waals surface area contributed by atoms with Crippen LogP contribution in [0.2, 0.25) is 0 Å². The lowest BCUT2D eigenvalue weighted by molar-refractivity contribution is 0.268. The van der Waals surface area contributed by atoms with Crippen LogP contribution in [0.3, 0.4) is 0 Å². The van der Waals surface area contributed by atoms with Crippen LogP contribution in [0.4, 0.5) is 0 Å². The Morgan fingerprint density at radius 1 is 1.25 bits per heavy atom. The van der Waals surface area contributed by atoms with Crippen molar-refractivity contribution in [2.24, 2.45) is 0 Å². The van der Waals surface area contributed by atoms with Gasteiger partial charge in [0.15, 0.2) is 5.44 Å². The molecule has 0 bridgehead atoms. The molecule has 0 spiro atoms. The van der Waals surface area contributed by atoms with Crippen molar-refractivity contribution in [1.29, 1.82) is 0 Å². The molecule has 1 aromatic rings. The van der Waals surface area contributed by atoms with Crippen molar-refractivity contribution in [3.63, 3.8) is 0 Å². The lowest BCUT2D eigenvalue weighted by Gasteiger charge is -2.13. The minimum Gasteiger partial charge on any atom is -0.496 e. The van der Waals surface area contributed by atoms with E-state index in [0.717, 1.165) is 5.56 Å². The summed E-state index contributed by atoms with van der Waals surface area (Å²) in [4.78, 5) is 0.116. The Balaban J connectivity index is 3.47. The van der Waals surface area contributed by atoms with E-state index in [1.807, 2.05) is 6.92 Å². The number of aryl methyl sites for hydroxylation is 2. The highest BCUT2D eigenvalue weighted by Crippen LogP contribution is 2.27. The second-order valence-corrected chi connectivity index (χ2v) is 5.94. The molecule has 0 fully saturated rings. The molecule has 0 aliphatic carbocycles. The number of aliphatic hydroxyl groups excluding tert-OH is 1. The summed E-state index contributed by atoms with van der Waals surface area (Å²) in [6.07, 6.45) is 0. The van der Waals surface area contributed by atoms with Gasteiger partial charge in [0, 0.05) is 0 Å². The number of methoxy groups -OCH3 is 1. The molecule has 1 aromatic carbocycles. The largest absolute Gasteiger partial charge is 0.496 e. The van der Waals surface area contributed by atoms with Gasteiger partial charge >= 0.3 is 0 Å². The lowest BCUT2D eigenvalue weighted by Crippen LogP contribution is -2.18. The van der Waals surface area contributed by atoms with Crippen molar-refractivity contribution in [3.8, 4) is 5.75 Å². The lowest BCUT2D eigenvalue weighted by atomic mass is 10.1. The van der Waals surface area contributed by atoms with Crippen molar-refractivity contribution < 1.29 is 18.3 Å². The fourth-order valence-electron chi connectivity index (χ4n) is 1.52. The maximum Gasteiger partial charge on any atom is 0.205 e. The summed E-state index contributed by atoms with van der Waals surface area (Å²) >= 11 is 0. The molecule has 0 heterocycles. The van der Waals surface area contributed by atoms with Gasteiger partial charge in [-0.25, -0.2) is 8.42 Å². The zero-order chi connectivity index (χ0) is 12.5. The Morgan fingerprint density at radius 2 is 1.81 bits per heavy atom. The van der Waals surface area contributed by atoms with E-state index in [1.54, 1.807) is 13.0 Å². The second kappa shape index (κ2) is 4.43. The first-order valence-corrected chi connectivity index (χ1v) is 6.42. The number of aliphatic hydroxyl groups is 1. The Morgan fingerprint density at radius 3 is 2.25 bits per heavy atom. The van der Waals surface area contributed by atoms with E-state index in [9.17, 15) is 13.5 Å². The van der Waals surface area contributed by atoms with E-state index >= 15 is 0 Å². The number of rotatable bonds is 3. The first-order valence-electron chi connectivity index (χ1n) is 4.88. The maximum absolute atomic E-state index is 11.8. The SMILES string of the molecule is COc1cc(S(=O)(=O)C(C)O)c(C)cc1C. The van der Waals surface area contributed by atoms with Crippen molar-refractivity contribution in [2.45, 2.75) is 31.1 Å². The molecule has 16 heavy (non-hydrogen) atoms. The predicted octanol–water partition coefficient (Wildman–Crippen LogP) is 1.42. The van der Waals surface area contributed by atoms with E-state index in [4.69, 9.17) is 4.74 Å². The van der Waals surface area contributed by atoms with Gasteiger partial charge in [-0.1, -0.05) is 6.07 Å². The van der Waals surface area contributed by atoms with E-state index in [0.29, 0.717) is 11.3 Å². The Kier molecular flexibility index (Phi) is 3.60. The molecule has 0 amide bonds. The smallest absolute Gasteiger partial charge is 0.205 e. The summed E-state index contributed by atoms with van der Waals surface area (Å²) in [5.74, 6) is 0.504. The molecule has 0 saturated carbocycles. The second-order valence-electron chi connectivity index (χ2n) is 3.73. The molecule has 1 rings (SSSR count). The minimum absolute atomic E-state index is 0.116. The highest BCUT2D eigenvalue weighted by atomic mass is 32.2. The number of benzene rings is 1. The molecule has 0 aliphatic heterocycles. The summed E-state index contributed by atoms with van der Waals surface area (Å²) in [6, 6.07) is 3.18. The average molecular weight is 244 g/mol. The first kappa shape index (κ1) is 13.0. The Bertz CT molecular complexity index is 489. The monoisotopic (exact) mass is 244 g/mol. The molecule has 1 N–H and O–H groups in total. The summed E-state index contributed by atoms with van der Waals surface area (Å²) in [7, 11) is -2.20. The highest BCUT2D eigenvalue weighted by Gasteiger charge is 2.24. The van der Waals surface area contributed by atoms with Gasteiger partial charge in [-0.15, -0.1) is 0 Å². The van der Waals surface area contributed by atoms with Crippen molar-refractivity contribution in [2.75, 3.05) is 7.11 Å². The summed E-state index contributed by atoms with van der Waals surface area (Å²) in [5, 5.41) is 9.26. The molecule has 1 unspecified atom stereocenters. The number of hydrogen-bond donors (Lipinski definition) is 1. The van der Waals surface area contributed by atoms with E-state index in [-0.39, 0.29) is 4.90 Å². The topological polar surface area (TPSA) is 63.6 Å². The van der Waals surface area contributed by atoms with Crippen molar-refractivity contribution in [1.82, 2.24) is 0 Å². The quantitative estimate of drug-likeness (QED) is 0.873. The third kappa shape index (κ3) is 2.20. The van der Waals surface area contributed by atoms with Crippen LogP contribution >= 0.6 is 0 Å². The maximum atomic E-state index is 11.8. The highest BCUT2D eigenvalue weighted by molar-refractivity contribution is 7.91. The average Bonchev–Trinajstić information content (AvgIpc) is 2.17. The molecule has 0 aliphatic rings. The van der Waals surface area contributed by atoms with E-state index < -0.39 is 15.3 Å². The molecular weight excluding hydrogens is 228 g/mol. The number of ether oxygens (including phenoxy) is 1. The van der Waals surface area contributed by atoms with Crippen molar-refractivity contribution >= 4 is 9.84 Å². The van der Waals surface area contributed by atoms with Crippen LogP contribution in [0, 0.1) is 13.8 Å². The molecule has 90 valence electrons. The van der Waals surface area contributed by atoms with Gasteiger partial charge in [0.2, 0.25) is 9.84 Å². The van der Waals surface area contributed by atoms with E-state index in [2.05, 4.69) is 0 Å². The van der Waals surface area contributed by atoms with Gasteiger partial charge in [-0.3, -0.25) is 0 Å². The number of hydrogen-bond acceptors (Lipinski definition) is 4. The predicted molar refractivity (Wildman–Crippen MR) is 61.3 cm³/mol. The van der Waals surface area contributed by atoms with Gasteiger partial charge in [-0.05, 0) is 38.0 Å². The Labute approximate surface area is 95.8 Å². The van der Waals surface area contributed by atoms with Crippen LogP contribution in [0.25, 0.3) is 0 Å². The molecule has 0 radical (unpaired) electrons. The Hall–Kier alpha value is -1.07. The summed E-state index contributed by atoms with van der Waals surface area (Å²) in [5.41, 5.74) is 0.0577. The molecule has 0 saturated heterocycles. The summed E-state index contributed by atoms with van der Waals surface area (Å²) < 4.78 is 28.7. The van der Waals surface area contributed by atoms with Crippen LogP contribution in [-0.4, -0.2) is 26.1 Å². The normalized spacial score (nSPS) is 13.6. The first-order chi connectivity index (χ1) is 7.30. The molecule has 0 aromatic heterocycles.